The van der Waals surface area contributed by atoms with Crippen LogP contribution in [0.1, 0.15) is 10.4 Å². The Morgan fingerprint density at radius 1 is 1.38 bits per heavy atom. The van der Waals surface area contributed by atoms with Crippen LogP contribution in [0.5, 0.6) is 0 Å². The standard InChI is InChI=1S/C11H9Br2NOS/c1-6-2-3-7(4-8(6)12)10-9(5-15)16-11(13)14-10/h2-4,15H,5H2,1H3. The molecule has 1 aromatic heterocycles. The summed E-state index contributed by atoms with van der Waals surface area (Å²) in [5, 5.41) is 9.25. The van der Waals surface area contributed by atoms with Gasteiger partial charge in [0, 0.05) is 10.0 Å². The molecule has 0 aliphatic rings. The number of hydrogen-bond acceptors (Lipinski definition) is 3. The van der Waals surface area contributed by atoms with E-state index in [9.17, 15) is 5.11 Å². The molecular weight excluding hydrogens is 354 g/mol. The van der Waals surface area contributed by atoms with Crippen LogP contribution in [-0.4, -0.2) is 10.1 Å². The van der Waals surface area contributed by atoms with Gasteiger partial charge in [0.05, 0.1) is 17.2 Å². The minimum absolute atomic E-state index is 0.0180. The lowest BCUT2D eigenvalue weighted by molar-refractivity contribution is 0.286. The normalized spacial score (nSPS) is 10.8. The number of aliphatic hydroxyl groups is 1. The summed E-state index contributed by atoms with van der Waals surface area (Å²) in [5.41, 5.74) is 3.05. The van der Waals surface area contributed by atoms with Crippen LogP contribution in [0, 0.1) is 6.92 Å². The second-order valence-corrected chi connectivity index (χ2v) is 6.57. The van der Waals surface area contributed by atoms with E-state index in [2.05, 4.69) is 36.8 Å². The maximum atomic E-state index is 9.25. The Morgan fingerprint density at radius 3 is 2.75 bits per heavy atom. The highest BCUT2D eigenvalue weighted by Crippen LogP contribution is 2.33. The number of aromatic nitrogens is 1. The van der Waals surface area contributed by atoms with Crippen molar-refractivity contribution in [3.8, 4) is 11.3 Å². The number of hydrogen-bond donors (Lipinski definition) is 1. The SMILES string of the molecule is Cc1ccc(-c2nc(Br)sc2CO)cc1Br. The van der Waals surface area contributed by atoms with Crippen LogP contribution in [0.3, 0.4) is 0 Å². The third-order valence-electron chi connectivity index (χ3n) is 2.26. The van der Waals surface area contributed by atoms with Crippen LogP contribution < -0.4 is 0 Å². The molecule has 0 unspecified atom stereocenters. The van der Waals surface area contributed by atoms with Gasteiger partial charge in [0.15, 0.2) is 3.92 Å². The lowest BCUT2D eigenvalue weighted by Gasteiger charge is -2.03. The van der Waals surface area contributed by atoms with Crippen LogP contribution in [0.15, 0.2) is 26.6 Å². The highest BCUT2D eigenvalue weighted by Gasteiger charge is 2.11. The van der Waals surface area contributed by atoms with E-state index in [1.54, 1.807) is 0 Å². The zero-order valence-electron chi connectivity index (χ0n) is 8.50. The molecule has 0 aliphatic heterocycles. The van der Waals surface area contributed by atoms with E-state index >= 15 is 0 Å². The molecule has 5 heteroatoms. The number of thiazole rings is 1. The highest BCUT2D eigenvalue weighted by atomic mass is 79.9. The molecule has 0 bridgehead atoms. The first-order valence-corrected chi connectivity index (χ1v) is 7.04. The van der Waals surface area contributed by atoms with Crippen molar-refractivity contribution >= 4 is 43.2 Å². The molecular formula is C11H9Br2NOS. The predicted molar refractivity (Wildman–Crippen MR) is 73.6 cm³/mol. The topological polar surface area (TPSA) is 33.1 Å². The van der Waals surface area contributed by atoms with E-state index in [1.807, 2.05) is 25.1 Å². The van der Waals surface area contributed by atoms with Gasteiger partial charge in [0.25, 0.3) is 0 Å². The Balaban J connectivity index is 2.53. The van der Waals surface area contributed by atoms with Crippen molar-refractivity contribution in [1.29, 1.82) is 0 Å². The van der Waals surface area contributed by atoms with Gasteiger partial charge in [-0.3, -0.25) is 0 Å². The molecule has 1 aromatic carbocycles. The van der Waals surface area contributed by atoms with Crippen LogP contribution in [0.2, 0.25) is 0 Å². The summed E-state index contributed by atoms with van der Waals surface area (Å²) in [7, 11) is 0. The number of aliphatic hydroxyl groups excluding tert-OH is 1. The maximum absolute atomic E-state index is 9.25. The van der Waals surface area contributed by atoms with Crippen molar-refractivity contribution in [2.45, 2.75) is 13.5 Å². The number of aryl methyl sites for hydroxylation is 1. The van der Waals surface area contributed by atoms with Crippen LogP contribution in [0.4, 0.5) is 0 Å². The minimum Gasteiger partial charge on any atom is -0.391 e. The molecule has 1 N–H and O–H groups in total. The van der Waals surface area contributed by atoms with Crippen molar-refractivity contribution in [2.24, 2.45) is 0 Å². The van der Waals surface area contributed by atoms with Gasteiger partial charge >= 0.3 is 0 Å². The van der Waals surface area contributed by atoms with Gasteiger partial charge in [-0.05, 0) is 34.5 Å². The van der Waals surface area contributed by atoms with Gasteiger partial charge in [-0.2, -0.15) is 0 Å². The molecule has 16 heavy (non-hydrogen) atoms. The third kappa shape index (κ3) is 2.37. The molecule has 1 heterocycles. The van der Waals surface area contributed by atoms with Crippen molar-refractivity contribution in [3.63, 3.8) is 0 Å². The fourth-order valence-corrected chi connectivity index (χ4v) is 3.20. The molecule has 0 saturated heterocycles. The van der Waals surface area contributed by atoms with Crippen LogP contribution >= 0.6 is 43.2 Å². The van der Waals surface area contributed by atoms with Gasteiger partial charge in [-0.25, -0.2) is 4.98 Å². The fraction of sp³-hybridized carbons (Fsp3) is 0.182. The molecule has 2 nitrogen and oxygen atoms in total. The lowest BCUT2D eigenvalue weighted by atomic mass is 10.1. The summed E-state index contributed by atoms with van der Waals surface area (Å²) in [4.78, 5) is 5.25. The molecule has 0 spiro atoms. The molecule has 84 valence electrons. The highest BCUT2D eigenvalue weighted by molar-refractivity contribution is 9.11. The van der Waals surface area contributed by atoms with Gasteiger partial charge in [-0.15, -0.1) is 11.3 Å². The first-order chi connectivity index (χ1) is 7.61. The summed E-state index contributed by atoms with van der Waals surface area (Å²) < 4.78 is 1.85. The quantitative estimate of drug-likeness (QED) is 0.870. The number of nitrogens with zero attached hydrogens (tertiary/aromatic N) is 1. The Labute approximate surface area is 115 Å². The molecule has 0 aliphatic carbocycles. The van der Waals surface area contributed by atoms with Crippen molar-refractivity contribution in [3.05, 3.63) is 37.0 Å². The molecule has 2 rings (SSSR count). The lowest BCUT2D eigenvalue weighted by Crippen LogP contribution is -1.86. The number of rotatable bonds is 2. The average Bonchev–Trinajstić information content (AvgIpc) is 2.63. The zero-order valence-corrected chi connectivity index (χ0v) is 12.5. The summed E-state index contributed by atoms with van der Waals surface area (Å²) in [6.45, 7) is 2.06. The van der Waals surface area contributed by atoms with Crippen LogP contribution in [-0.2, 0) is 6.61 Å². The minimum atomic E-state index is 0.0180. The van der Waals surface area contributed by atoms with Crippen molar-refractivity contribution in [1.82, 2.24) is 4.98 Å². The summed E-state index contributed by atoms with van der Waals surface area (Å²) >= 11 is 8.30. The third-order valence-corrected chi connectivity index (χ3v) is 4.61. The fourth-order valence-electron chi connectivity index (χ4n) is 1.40. The van der Waals surface area contributed by atoms with Gasteiger partial charge in [-0.1, -0.05) is 28.1 Å². The second kappa shape index (κ2) is 4.96. The summed E-state index contributed by atoms with van der Waals surface area (Å²) in [6.07, 6.45) is 0. The second-order valence-electron chi connectivity index (χ2n) is 3.36. The summed E-state index contributed by atoms with van der Waals surface area (Å²) in [6, 6.07) is 6.07. The molecule has 0 amide bonds. The van der Waals surface area contributed by atoms with E-state index in [-0.39, 0.29) is 6.61 Å². The van der Waals surface area contributed by atoms with E-state index in [1.165, 1.54) is 16.9 Å². The molecule has 0 radical (unpaired) electrons. The maximum Gasteiger partial charge on any atom is 0.160 e. The number of halogens is 2. The van der Waals surface area contributed by atoms with Gasteiger partial charge in [0.2, 0.25) is 0 Å². The monoisotopic (exact) mass is 361 g/mol. The smallest absolute Gasteiger partial charge is 0.160 e. The van der Waals surface area contributed by atoms with Crippen LogP contribution in [0.25, 0.3) is 11.3 Å². The Kier molecular flexibility index (Phi) is 3.79. The Bertz CT molecular complexity index is 525. The Hall–Kier alpha value is -0.230. The Morgan fingerprint density at radius 2 is 2.12 bits per heavy atom. The van der Waals surface area contributed by atoms with E-state index in [0.29, 0.717) is 0 Å². The van der Waals surface area contributed by atoms with E-state index in [4.69, 9.17) is 0 Å². The number of benzene rings is 1. The van der Waals surface area contributed by atoms with Crippen molar-refractivity contribution in [2.75, 3.05) is 0 Å². The molecule has 2 aromatic rings. The average molecular weight is 363 g/mol. The van der Waals surface area contributed by atoms with Gasteiger partial charge in [0.1, 0.15) is 0 Å². The zero-order chi connectivity index (χ0) is 11.7. The molecule has 0 atom stereocenters. The largest absolute Gasteiger partial charge is 0.391 e. The van der Waals surface area contributed by atoms with Gasteiger partial charge < -0.3 is 5.11 Å². The van der Waals surface area contributed by atoms with E-state index in [0.717, 1.165) is 24.5 Å². The first-order valence-electron chi connectivity index (χ1n) is 4.64. The first kappa shape index (κ1) is 12.2. The molecule has 0 saturated carbocycles. The van der Waals surface area contributed by atoms with Crippen molar-refractivity contribution < 1.29 is 5.11 Å². The summed E-state index contributed by atoms with van der Waals surface area (Å²) in [5.74, 6) is 0. The predicted octanol–water partition coefficient (Wildman–Crippen LogP) is 4.14. The van der Waals surface area contributed by atoms with E-state index < -0.39 is 0 Å². The molecule has 0 fully saturated rings.